The monoisotopic (exact) mass is 404 g/mol. The lowest BCUT2D eigenvalue weighted by Gasteiger charge is -2.17. The molecule has 0 spiro atoms. The molecule has 3 aromatic carbocycles. The fraction of sp³-hybridized carbons (Fsp3) is 0. The summed E-state index contributed by atoms with van der Waals surface area (Å²) in [6.45, 7) is 0. The normalized spacial score (nSPS) is 10.4. The molecule has 8 nitrogen and oxygen atoms in total. The molecule has 0 heterocycles. The van der Waals surface area contributed by atoms with E-state index < -0.39 is 23.9 Å². The average molecular weight is 404 g/mol. The summed E-state index contributed by atoms with van der Waals surface area (Å²) in [5.41, 5.74) is -0.0592. The van der Waals surface area contributed by atoms with Crippen LogP contribution in [0.2, 0.25) is 0 Å². The third-order valence-electron chi connectivity index (χ3n) is 4.48. The van der Waals surface area contributed by atoms with Crippen molar-refractivity contribution in [2.75, 3.05) is 0 Å². The number of carboxylic acids is 4. The molecule has 0 aliphatic heterocycles. The first kappa shape index (κ1) is 20.3. The molecular weight excluding hydrogens is 392 g/mol. The lowest BCUT2D eigenvalue weighted by molar-refractivity contribution is -0.256. The second kappa shape index (κ2) is 7.88. The number of carboxylic acid groups (broad SMARTS) is 4. The highest BCUT2D eigenvalue weighted by atomic mass is 16.4. The van der Waals surface area contributed by atoms with Gasteiger partial charge in [-0.05, 0) is 34.4 Å². The van der Waals surface area contributed by atoms with Crippen molar-refractivity contribution in [2.24, 2.45) is 0 Å². The topological polar surface area (TPSA) is 155 Å². The van der Waals surface area contributed by atoms with Gasteiger partial charge in [0.2, 0.25) is 0 Å². The smallest absolute Gasteiger partial charge is 0.336 e. The summed E-state index contributed by atoms with van der Waals surface area (Å²) in [4.78, 5) is 45.7. The molecule has 0 saturated carbocycles. The molecule has 0 bridgehead atoms. The first-order valence-electron chi connectivity index (χ1n) is 8.48. The molecule has 0 saturated heterocycles. The van der Waals surface area contributed by atoms with Crippen LogP contribution in [-0.2, 0) is 0 Å². The summed E-state index contributed by atoms with van der Waals surface area (Å²) in [6, 6.07) is 12.5. The fourth-order valence-corrected chi connectivity index (χ4v) is 3.10. The Morgan fingerprint density at radius 2 is 0.833 bits per heavy atom. The Morgan fingerprint density at radius 1 is 0.533 bits per heavy atom. The minimum Gasteiger partial charge on any atom is -0.545 e. The minimum atomic E-state index is -1.42. The van der Waals surface area contributed by atoms with Crippen LogP contribution in [0.5, 0.6) is 0 Å². The lowest BCUT2D eigenvalue weighted by Crippen LogP contribution is -2.22. The van der Waals surface area contributed by atoms with Crippen LogP contribution in [0.4, 0.5) is 0 Å². The van der Waals surface area contributed by atoms with Crippen molar-refractivity contribution >= 4 is 23.9 Å². The van der Waals surface area contributed by atoms with Gasteiger partial charge in [0.15, 0.2) is 0 Å². The van der Waals surface area contributed by atoms with E-state index in [4.69, 9.17) is 0 Å². The Morgan fingerprint density at radius 3 is 1.07 bits per heavy atom. The van der Waals surface area contributed by atoms with Crippen molar-refractivity contribution in [3.8, 4) is 22.3 Å². The number of carbonyl (C=O) groups is 4. The Bertz CT molecular complexity index is 1080. The Kier molecular flexibility index (Phi) is 5.33. The van der Waals surface area contributed by atoms with E-state index in [0.29, 0.717) is 0 Å². The first-order valence-corrected chi connectivity index (χ1v) is 8.48. The summed E-state index contributed by atoms with van der Waals surface area (Å²) >= 11 is 0. The third-order valence-corrected chi connectivity index (χ3v) is 4.48. The molecule has 0 aliphatic rings. The quantitative estimate of drug-likeness (QED) is 0.620. The van der Waals surface area contributed by atoms with Gasteiger partial charge in [0.05, 0.1) is 23.1 Å². The van der Waals surface area contributed by atoms with Crippen LogP contribution >= 0.6 is 0 Å². The summed E-state index contributed by atoms with van der Waals surface area (Å²) in [5.74, 6) is -5.48. The van der Waals surface area contributed by atoms with Crippen LogP contribution in [0.15, 0.2) is 60.7 Å². The van der Waals surface area contributed by atoms with Gasteiger partial charge in [0.25, 0.3) is 0 Å². The van der Waals surface area contributed by atoms with Crippen LogP contribution < -0.4 is 10.2 Å². The molecule has 0 atom stereocenters. The number of rotatable bonds is 6. The van der Waals surface area contributed by atoms with Gasteiger partial charge in [-0.2, -0.15) is 0 Å². The van der Waals surface area contributed by atoms with Gasteiger partial charge in [-0.1, -0.05) is 48.5 Å². The maximum atomic E-state index is 11.8. The molecule has 2 N–H and O–H groups in total. The van der Waals surface area contributed by atoms with Crippen molar-refractivity contribution in [1.29, 1.82) is 0 Å². The van der Waals surface area contributed by atoms with E-state index in [1.165, 1.54) is 48.5 Å². The van der Waals surface area contributed by atoms with Gasteiger partial charge in [-0.15, -0.1) is 0 Å². The molecule has 0 aromatic heterocycles. The van der Waals surface area contributed by atoms with E-state index in [1.807, 2.05) is 0 Å². The molecule has 3 rings (SSSR count). The molecule has 0 aliphatic carbocycles. The van der Waals surface area contributed by atoms with Gasteiger partial charge in [0, 0.05) is 11.1 Å². The molecular formula is C22H12O8-2. The van der Waals surface area contributed by atoms with Crippen LogP contribution in [0.1, 0.15) is 41.4 Å². The van der Waals surface area contributed by atoms with Crippen molar-refractivity contribution < 1.29 is 39.6 Å². The molecule has 0 fully saturated rings. The molecule has 8 heteroatoms. The van der Waals surface area contributed by atoms with Gasteiger partial charge >= 0.3 is 11.9 Å². The van der Waals surface area contributed by atoms with E-state index >= 15 is 0 Å². The lowest BCUT2D eigenvalue weighted by atomic mass is 9.86. The zero-order valence-electron chi connectivity index (χ0n) is 15.1. The number of carbonyl (C=O) groups excluding carboxylic acids is 2. The van der Waals surface area contributed by atoms with E-state index in [9.17, 15) is 39.6 Å². The van der Waals surface area contributed by atoms with Crippen molar-refractivity contribution in [3.63, 3.8) is 0 Å². The zero-order chi connectivity index (χ0) is 22.0. The van der Waals surface area contributed by atoms with Crippen molar-refractivity contribution in [1.82, 2.24) is 0 Å². The van der Waals surface area contributed by atoms with Crippen molar-refractivity contribution in [2.45, 2.75) is 0 Å². The number of benzene rings is 3. The summed E-state index contributed by atoms with van der Waals surface area (Å²) in [5, 5.41) is 41.3. The molecule has 0 radical (unpaired) electrons. The van der Waals surface area contributed by atoms with Crippen LogP contribution in [-0.4, -0.2) is 34.1 Å². The summed E-state index contributed by atoms with van der Waals surface area (Å²) in [6.07, 6.45) is 0. The van der Waals surface area contributed by atoms with Crippen LogP contribution in [0.3, 0.4) is 0 Å². The van der Waals surface area contributed by atoms with Gasteiger partial charge in [0.1, 0.15) is 0 Å². The highest BCUT2D eigenvalue weighted by molar-refractivity contribution is 6.08. The van der Waals surface area contributed by atoms with E-state index in [0.717, 1.165) is 12.1 Å². The standard InChI is InChI=1S/C22H14O8/c23-19(24)13-5-1-11(2-6-13)17-15(21(27)28)9-10-16(22(29)30)18(17)12-3-7-14(8-4-12)20(25)26/h1-10H,(H,23,24)(H,25,26)(H,27,28)(H,29,30)/p-2. The Labute approximate surface area is 169 Å². The molecule has 0 unspecified atom stereocenters. The van der Waals surface area contributed by atoms with Crippen LogP contribution in [0.25, 0.3) is 22.3 Å². The summed E-state index contributed by atoms with van der Waals surface area (Å²) in [7, 11) is 0. The maximum Gasteiger partial charge on any atom is 0.336 e. The van der Waals surface area contributed by atoms with E-state index in [1.54, 1.807) is 0 Å². The highest BCUT2D eigenvalue weighted by Gasteiger charge is 2.23. The fourth-order valence-electron chi connectivity index (χ4n) is 3.10. The largest absolute Gasteiger partial charge is 0.545 e. The molecule has 150 valence electrons. The van der Waals surface area contributed by atoms with Gasteiger partial charge in [-0.25, -0.2) is 9.59 Å². The predicted octanol–water partition coefficient (Wildman–Crippen LogP) is 1.14. The predicted molar refractivity (Wildman–Crippen MR) is 99.9 cm³/mol. The number of hydrogen-bond acceptors (Lipinski definition) is 6. The van der Waals surface area contributed by atoms with Gasteiger partial charge in [-0.3, -0.25) is 0 Å². The zero-order valence-corrected chi connectivity index (χ0v) is 15.1. The summed E-state index contributed by atoms with van der Waals surface area (Å²) < 4.78 is 0. The van der Waals surface area contributed by atoms with Gasteiger partial charge < -0.3 is 30.0 Å². The highest BCUT2D eigenvalue weighted by Crippen LogP contribution is 2.38. The Balaban J connectivity index is 2.36. The minimum absolute atomic E-state index is 0.0495. The van der Waals surface area contributed by atoms with E-state index in [2.05, 4.69) is 0 Å². The van der Waals surface area contributed by atoms with E-state index in [-0.39, 0.29) is 44.5 Å². The maximum absolute atomic E-state index is 11.8. The second-order valence-corrected chi connectivity index (χ2v) is 6.25. The molecule has 3 aromatic rings. The first-order chi connectivity index (χ1) is 14.2. The molecule has 30 heavy (non-hydrogen) atoms. The van der Waals surface area contributed by atoms with Crippen molar-refractivity contribution in [3.05, 3.63) is 82.9 Å². The second-order valence-electron chi connectivity index (χ2n) is 6.25. The Hall–Kier alpha value is -4.46. The third kappa shape index (κ3) is 3.74. The average Bonchev–Trinajstić information content (AvgIpc) is 2.72. The number of aromatic carboxylic acids is 4. The molecule has 0 amide bonds. The number of hydrogen-bond donors (Lipinski definition) is 2. The van der Waals surface area contributed by atoms with Crippen LogP contribution in [0, 0.1) is 0 Å². The SMILES string of the molecule is O=C([O-])c1ccc(-c2c(C(=O)O)ccc(C(=O)O)c2-c2ccc(C(=O)[O-])cc2)cc1.